The molecule has 15 heavy (non-hydrogen) atoms. The molecule has 4 nitrogen and oxygen atoms in total. The van der Waals surface area contributed by atoms with Crippen molar-refractivity contribution in [3.8, 4) is 0 Å². The third-order valence-electron chi connectivity index (χ3n) is 2.12. The molecule has 2 N–H and O–H groups in total. The minimum atomic E-state index is -0.625. The van der Waals surface area contributed by atoms with Gasteiger partial charge in [-0.3, -0.25) is 4.79 Å². The SMILES string of the molecule is CCCCCc1snnc1C(S)C(N)=O. The molecule has 0 saturated carbocycles. The molecule has 0 fully saturated rings. The summed E-state index contributed by atoms with van der Waals surface area (Å²) >= 11 is 5.45. The number of nitrogens with zero attached hydrogens (tertiary/aromatic N) is 2. The van der Waals surface area contributed by atoms with Crippen molar-refractivity contribution >= 4 is 30.1 Å². The zero-order valence-electron chi connectivity index (χ0n) is 8.64. The smallest absolute Gasteiger partial charge is 0.236 e. The summed E-state index contributed by atoms with van der Waals surface area (Å²) in [7, 11) is 0. The van der Waals surface area contributed by atoms with Crippen LogP contribution >= 0.6 is 24.2 Å². The monoisotopic (exact) mass is 245 g/mol. The lowest BCUT2D eigenvalue weighted by atomic mass is 10.1. The molecular formula is C9H15N3OS2. The highest BCUT2D eigenvalue weighted by molar-refractivity contribution is 7.81. The van der Waals surface area contributed by atoms with Crippen molar-refractivity contribution in [1.29, 1.82) is 0 Å². The lowest BCUT2D eigenvalue weighted by Crippen LogP contribution is -2.18. The van der Waals surface area contributed by atoms with Gasteiger partial charge in [0.2, 0.25) is 5.91 Å². The van der Waals surface area contributed by atoms with Gasteiger partial charge in [-0.15, -0.1) is 5.10 Å². The highest BCUT2D eigenvalue weighted by Crippen LogP contribution is 2.24. The first-order valence-corrected chi connectivity index (χ1v) is 6.24. The van der Waals surface area contributed by atoms with Crippen LogP contribution in [0, 0.1) is 0 Å². The molecule has 1 rings (SSSR count). The third kappa shape index (κ3) is 3.46. The second-order valence-corrected chi connectivity index (χ2v) is 4.70. The van der Waals surface area contributed by atoms with E-state index in [1.54, 1.807) is 0 Å². The molecule has 0 spiro atoms. The molecule has 0 saturated heterocycles. The van der Waals surface area contributed by atoms with Gasteiger partial charge in [-0.25, -0.2) is 0 Å². The lowest BCUT2D eigenvalue weighted by Gasteiger charge is -2.04. The van der Waals surface area contributed by atoms with Crippen molar-refractivity contribution in [3.05, 3.63) is 10.6 Å². The maximum absolute atomic E-state index is 11.0. The Hall–Kier alpha value is -0.620. The average Bonchev–Trinajstić information content (AvgIpc) is 2.65. The van der Waals surface area contributed by atoms with Crippen LogP contribution in [0.1, 0.15) is 42.0 Å². The Morgan fingerprint density at radius 2 is 2.33 bits per heavy atom. The number of aromatic nitrogens is 2. The van der Waals surface area contributed by atoms with E-state index in [2.05, 4.69) is 29.1 Å². The second kappa shape index (κ2) is 6.07. The highest BCUT2D eigenvalue weighted by Gasteiger charge is 2.20. The summed E-state index contributed by atoms with van der Waals surface area (Å²) in [6, 6.07) is 0. The molecule has 1 aromatic rings. The number of amides is 1. The van der Waals surface area contributed by atoms with Gasteiger partial charge in [0.25, 0.3) is 0 Å². The Labute approximate surface area is 98.8 Å². The summed E-state index contributed by atoms with van der Waals surface area (Å²) in [6.45, 7) is 2.15. The molecule has 0 aliphatic rings. The Kier molecular flexibility index (Phi) is 5.04. The number of unbranched alkanes of at least 4 members (excludes halogenated alkanes) is 2. The van der Waals surface area contributed by atoms with E-state index >= 15 is 0 Å². The largest absolute Gasteiger partial charge is 0.368 e. The number of carbonyl (C=O) groups excluding carboxylic acids is 1. The van der Waals surface area contributed by atoms with E-state index < -0.39 is 11.2 Å². The molecule has 1 aromatic heterocycles. The summed E-state index contributed by atoms with van der Waals surface area (Å²) in [4.78, 5) is 12.0. The van der Waals surface area contributed by atoms with Crippen molar-refractivity contribution in [1.82, 2.24) is 9.59 Å². The van der Waals surface area contributed by atoms with Crippen LogP contribution in [0.3, 0.4) is 0 Å². The molecule has 0 aliphatic carbocycles. The summed E-state index contributed by atoms with van der Waals surface area (Å²) in [6.07, 6.45) is 4.34. The molecule has 0 aromatic carbocycles. The van der Waals surface area contributed by atoms with Crippen LogP contribution in [-0.4, -0.2) is 15.5 Å². The van der Waals surface area contributed by atoms with Crippen molar-refractivity contribution in [3.63, 3.8) is 0 Å². The quantitative estimate of drug-likeness (QED) is 0.592. The van der Waals surface area contributed by atoms with Crippen molar-refractivity contribution < 1.29 is 4.79 Å². The molecule has 1 heterocycles. The van der Waals surface area contributed by atoms with Gasteiger partial charge in [0.1, 0.15) is 10.9 Å². The van der Waals surface area contributed by atoms with Gasteiger partial charge < -0.3 is 5.73 Å². The normalized spacial score (nSPS) is 12.7. The number of aryl methyl sites for hydroxylation is 1. The van der Waals surface area contributed by atoms with Crippen LogP contribution in [0.4, 0.5) is 0 Å². The number of carbonyl (C=O) groups is 1. The lowest BCUT2D eigenvalue weighted by molar-refractivity contribution is -0.117. The predicted molar refractivity (Wildman–Crippen MR) is 64.1 cm³/mol. The van der Waals surface area contributed by atoms with Crippen molar-refractivity contribution in [2.24, 2.45) is 5.73 Å². The average molecular weight is 245 g/mol. The number of thiol groups is 1. The summed E-state index contributed by atoms with van der Waals surface area (Å²) < 4.78 is 3.84. The zero-order chi connectivity index (χ0) is 11.3. The predicted octanol–water partition coefficient (Wildman–Crippen LogP) is 1.73. The zero-order valence-corrected chi connectivity index (χ0v) is 10.4. The van der Waals surface area contributed by atoms with Crippen LogP contribution in [0.15, 0.2) is 0 Å². The van der Waals surface area contributed by atoms with E-state index in [1.165, 1.54) is 24.4 Å². The van der Waals surface area contributed by atoms with E-state index in [4.69, 9.17) is 5.73 Å². The van der Waals surface area contributed by atoms with Gasteiger partial charge in [-0.2, -0.15) is 12.6 Å². The summed E-state index contributed by atoms with van der Waals surface area (Å²) in [5.74, 6) is -0.470. The maximum atomic E-state index is 11.0. The molecule has 0 radical (unpaired) electrons. The molecule has 6 heteroatoms. The molecule has 1 unspecified atom stereocenters. The van der Waals surface area contributed by atoms with E-state index in [9.17, 15) is 4.79 Å². The van der Waals surface area contributed by atoms with E-state index in [0.717, 1.165) is 17.7 Å². The van der Waals surface area contributed by atoms with Gasteiger partial charge in [-0.05, 0) is 24.4 Å². The Balaban J connectivity index is 2.64. The van der Waals surface area contributed by atoms with Gasteiger partial charge in [-0.1, -0.05) is 24.3 Å². The second-order valence-electron chi connectivity index (χ2n) is 3.34. The van der Waals surface area contributed by atoms with E-state index in [-0.39, 0.29) is 0 Å². The summed E-state index contributed by atoms with van der Waals surface area (Å²) in [5, 5.41) is 3.28. The van der Waals surface area contributed by atoms with E-state index in [1.807, 2.05) is 0 Å². The van der Waals surface area contributed by atoms with Gasteiger partial charge >= 0.3 is 0 Å². The first-order valence-electron chi connectivity index (χ1n) is 4.95. The molecule has 0 bridgehead atoms. The first kappa shape index (κ1) is 12.4. The number of rotatable bonds is 6. The number of hydrogen-bond acceptors (Lipinski definition) is 5. The van der Waals surface area contributed by atoms with Crippen molar-refractivity contribution in [2.75, 3.05) is 0 Å². The molecular weight excluding hydrogens is 230 g/mol. The minimum absolute atomic E-state index is 0.470. The fraction of sp³-hybridized carbons (Fsp3) is 0.667. The van der Waals surface area contributed by atoms with Crippen LogP contribution in [0.5, 0.6) is 0 Å². The van der Waals surface area contributed by atoms with Gasteiger partial charge in [0, 0.05) is 0 Å². The number of nitrogens with two attached hydrogens (primary N) is 1. The Morgan fingerprint density at radius 3 is 2.93 bits per heavy atom. The van der Waals surface area contributed by atoms with Gasteiger partial charge in [0.15, 0.2) is 0 Å². The Bertz CT molecular complexity index is 327. The molecule has 0 aliphatic heterocycles. The topological polar surface area (TPSA) is 68.9 Å². The highest BCUT2D eigenvalue weighted by atomic mass is 32.1. The van der Waals surface area contributed by atoms with Crippen LogP contribution < -0.4 is 5.73 Å². The number of primary amides is 1. The van der Waals surface area contributed by atoms with Gasteiger partial charge in [0.05, 0.1) is 4.88 Å². The van der Waals surface area contributed by atoms with Crippen LogP contribution in [0.25, 0.3) is 0 Å². The fourth-order valence-corrected chi connectivity index (χ4v) is 2.28. The molecule has 1 amide bonds. The molecule has 1 atom stereocenters. The first-order chi connectivity index (χ1) is 7.16. The summed E-state index contributed by atoms with van der Waals surface area (Å²) in [5.41, 5.74) is 5.80. The van der Waals surface area contributed by atoms with Crippen LogP contribution in [-0.2, 0) is 11.2 Å². The van der Waals surface area contributed by atoms with E-state index in [0.29, 0.717) is 5.69 Å². The molecule has 84 valence electrons. The maximum Gasteiger partial charge on any atom is 0.236 e. The fourth-order valence-electron chi connectivity index (χ4n) is 1.27. The van der Waals surface area contributed by atoms with Crippen LogP contribution in [0.2, 0.25) is 0 Å². The van der Waals surface area contributed by atoms with Crippen molar-refractivity contribution in [2.45, 2.75) is 37.9 Å². The number of hydrogen-bond donors (Lipinski definition) is 2. The minimum Gasteiger partial charge on any atom is -0.368 e. The third-order valence-corrected chi connectivity index (χ3v) is 3.42. The standard InChI is InChI=1S/C9H15N3OS2/c1-2-3-4-5-6-7(11-12-15-6)8(14)9(10)13/h8,14H,2-5H2,1H3,(H2,10,13). The Morgan fingerprint density at radius 1 is 1.60 bits per heavy atom.